The lowest BCUT2D eigenvalue weighted by Crippen LogP contribution is -2.50. The fourth-order valence-electron chi connectivity index (χ4n) is 2.72. The first kappa shape index (κ1) is 16.6. The number of methoxy groups -OCH3 is 1. The Morgan fingerprint density at radius 3 is 2.48 bits per heavy atom. The second kappa shape index (κ2) is 7.01. The van der Waals surface area contributed by atoms with Crippen LogP contribution in [0.15, 0.2) is 0 Å². The normalized spacial score (nSPS) is 27.4. The van der Waals surface area contributed by atoms with E-state index in [1.807, 2.05) is 0 Å². The summed E-state index contributed by atoms with van der Waals surface area (Å²) in [5, 5.41) is 12.1. The molecule has 8 nitrogen and oxygen atoms in total. The Labute approximate surface area is 125 Å². The summed E-state index contributed by atoms with van der Waals surface area (Å²) < 4.78 is 33.3. The average molecular weight is 321 g/mol. The molecule has 0 saturated carbocycles. The van der Waals surface area contributed by atoms with Gasteiger partial charge in [-0.25, -0.2) is 0 Å². The highest BCUT2D eigenvalue weighted by Crippen LogP contribution is 2.20. The van der Waals surface area contributed by atoms with E-state index >= 15 is 0 Å². The van der Waals surface area contributed by atoms with Gasteiger partial charge in [0.2, 0.25) is 0 Å². The molecule has 0 aromatic carbocycles. The van der Waals surface area contributed by atoms with Crippen molar-refractivity contribution in [2.75, 3.05) is 46.4 Å². The molecule has 0 aromatic heterocycles. The molecular formula is C12H23N3O5S. The molecule has 2 saturated heterocycles. The Hall–Kier alpha value is -0.740. The number of carboxylic acid groups (broad SMARTS) is 1. The molecule has 2 aliphatic rings. The van der Waals surface area contributed by atoms with Crippen LogP contribution in [0.2, 0.25) is 0 Å². The Morgan fingerprint density at radius 1 is 1.24 bits per heavy atom. The Bertz CT molecular complexity index is 462. The maximum atomic E-state index is 12.6. The number of hydrogen-bond donors (Lipinski definition) is 2. The van der Waals surface area contributed by atoms with Gasteiger partial charge >= 0.3 is 5.97 Å². The molecule has 0 aromatic rings. The van der Waals surface area contributed by atoms with Crippen molar-refractivity contribution in [2.24, 2.45) is 5.92 Å². The molecule has 122 valence electrons. The van der Waals surface area contributed by atoms with Crippen molar-refractivity contribution in [2.45, 2.75) is 18.9 Å². The number of nitrogens with zero attached hydrogens (tertiary/aromatic N) is 2. The van der Waals surface area contributed by atoms with E-state index in [0.717, 1.165) is 0 Å². The first-order chi connectivity index (χ1) is 9.95. The third-order valence-electron chi connectivity index (χ3n) is 4.09. The predicted molar refractivity (Wildman–Crippen MR) is 76.1 cm³/mol. The van der Waals surface area contributed by atoms with Gasteiger partial charge in [-0.3, -0.25) is 4.79 Å². The summed E-state index contributed by atoms with van der Waals surface area (Å²) in [7, 11) is -1.97. The van der Waals surface area contributed by atoms with Gasteiger partial charge in [-0.1, -0.05) is 0 Å². The molecule has 0 aliphatic carbocycles. The molecule has 2 rings (SSSR count). The second-order valence-electron chi connectivity index (χ2n) is 5.44. The number of nitrogens with one attached hydrogen (secondary N) is 1. The van der Waals surface area contributed by atoms with Crippen LogP contribution in [-0.4, -0.2) is 80.6 Å². The molecule has 1 atom stereocenters. The quantitative estimate of drug-likeness (QED) is 0.685. The summed E-state index contributed by atoms with van der Waals surface area (Å²) in [6.45, 7) is 1.93. The van der Waals surface area contributed by atoms with Crippen LogP contribution in [0.1, 0.15) is 12.8 Å². The molecular weight excluding hydrogens is 298 g/mol. The Morgan fingerprint density at radius 2 is 1.90 bits per heavy atom. The molecule has 2 aliphatic heterocycles. The average Bonchev–Trinajstić information content (AvgIpc) is 2.74. The number of aliphatic carboxylic acids is 1. The molecule has 2 N–H and O–H groups in total. The number of hydrogen-bond acceptors (Lipinski definition) is 5. The van der Waals surface area contributed by atoms with Crippen molar-refractivity contribution in [1.82, 2.24) is 13.9 Å². The van der Waals surface area contributed by atoms with Gasteiger partial charge in [-0.05, 0) is 12.8 Å². The van der Waals surface area contributed by atoms with Gasteiger partial charge in [-0.15, -0.1) is 0 Å². The van der Waals surface area contributed by atoms with Gasteiger partial charge < -0.3 is 15.2 Å². The number of rotatable bonds is 4. The number of carbonyl (C=O) groups is 1. The van der Waals surface area contributed by atoms with E-state index in [-0.39, 0.29) is 12.6 Å². The van der Waals surface area contributed by atoms with E-state index in [1.54, 1.807) is 7.11 Å². The highest BCUT2D eigenvalue weighted by atomic mass is 32.2. The summed E-state index contributed by atoms with van der Waals surface area (Å²) in [5.74, 6) is -1.68. The van der Waals surface area contributed by atoms with Crippen LogP contribution in [0.25, 0.3) is 0 Å². The van der Waals surface area contributed by atoms with Crippen molar-refractivity contribution in [1.29, 1.82) is 0 Å². The zero-order valence-electron chi connectivity index (χ0n) is 12.2. The van der Waals surface area contributed by atoms with Crippen LogP contribution in [0, 0.1) is 5.92 Å². The fraction of sp³-hybridized carbons (Fsp3) is 0.917. The van der Waals surface area contributed by atoms with E-state index in [4.69, 9.17) is 9.84 Å². The first-order valence-electron chi connectivity index (χ1n) is 7.16. The predicted octanol–water partition coefficient (Wildman–Crippen LogP) is -1.05. The van der Waals surface area contributed by atoms with E-state index in [2.05, 4.69) is 5.32 Å². The van der Waals surface area contributed by atoms with Gasteiger partial charge in [0.1, 0.15) is 0 Å². The van der Waals surface area contributed by atoms with Crippen molar-refractivity contribution < 1.29 is 23.1 Å². The largest absolute Gasteiger partial charge is 0.481 e. The third kappa shape index (κ3) is 3.92. The van der Waals surface area contributed by atoms with E-state index in [0.29, 0.717) is 45.6 Å². The van der Waals surface area contributed by atoms with Crippen molar-refractivity contribution in [3.05, 3.63) is 0 Å². The summed E-state index contributed by atoms with van der Waals surface area (Å²) in [4.78, 5) is 11.1. The molecule has 2 heterocycles. The minimum absolute atomic E-state index is 0.0227. The summed E-state index contributed by atoms with van der Waals surface area (Å²) in [5.41, 5.74) is 0. The van der Waals surface area contributed by atoms with E-state index < -0.39 is 22.1 Å². The molecule has 9 heteroatoms. The lowest BCUT2D eigenvalue weighted by Gasteiger charge is -2.34. The lowest BCUT2D eigenvalue weighted by atomic mass is 10.1. The van der Waals surface area contributed by atoms with Crippen LogP contribution in [0.4, 0.5) is 0 Å². The number of ether oxygens (including phenoxy) is 1. The molecule has 0 unspecified atom stereocenters. The first-order valence-corrected chi connectivity index (χ1v) is 8.56. The summed E-state index contributed by atoms with van der Waals surface area (Å²) >= 11 is 0. The zero-order chi connectivity index (χ0) is 15.5. The third-order valence-corrected chi connectivity index (χ3v) is 6.09. The van der Waals surface area contributed by atoms with E-state index in [1.165, 1.54) is 8.61 Å². The Balaban J connectivity index is 2.05. The highest BCUT2D eigenvalue weighted by molar-refractivity contribution is 7.86. The van der Waals surface area contributed by atoms with Crippen LogP contribution < -0.4 is 5.32 Å². The minimum atomic E-state index is -3.60. The minimum Gasteiger partial charge on any atom is -0.481 e. The second-order valence-corrected chi connectivity index (χ2v) is 7.37. The standard InChI is InChI=1S/C12H23N3O5S/c1-20-11-2-5-14(6-3-11)21(18,19)15-7-4-13-8-10(9-15)12(16)17/h10-11,13H,2-9H2,1H3,(H,16,17)/t10-/m0/s1. The monoisotopic (exact) mass is 321 g/mol. The molecule has 21 heavy (non-hydrogen) atoms. The van der Waals surface area contributed by atoms with Gasteiger partial charge in [0.05, 0.1) is 12.0 Å². The smallest absolute Gasteiger partial charge is 0.309 e. The molecule has 2 fully saturated rings. The van der Waals surface area contributed by atoms with Gasteiger partial charge in [0.25, 0.3) is 10.2 Å². The number of carboxylic acids is 1. The summed E-state index contributed by atoms with van der Waals surface area (Å²) in [6.07, 6.45) is 1.45. The summed E-state index contributed by atoms with van der Waals surface area (Å²) in [6, 6.07) is 0. The van der Waals surface area contributed by atoms with Gasteiger partial charge in [-0.2, -0.15) is 17.0 Å². The highest BCUT2D eigenvalue weighted by Gasteiger charge is 2.36. The molecule has 0 bridgehead atoms. The fourth-order valence-corrected chi connectivity index (χ4v) is 4.41. The van der Waals surface area contributed by atoms with Gasteiger partial charge in [0.15, 0.2) is 0 Å². The molecule has 0 spiro atoms. The topological polar surface area (TPSA) is 99.2 Å². The molecule has 0 radical (unpaired) electrons. The van der Waals surface area contributed by atoms with Crippen molar-refractivity contribution >= 4 is 16.2 Å². The Kier molecular flexibility index (Phi) is 5.55. The molecule has 0 amide bonds. The SMILES string of the molecule is COC1CCN(S(=O)(=O)N2CCNC[C@H](C(=O)O)C2)CC1. The van der Waals surface area contributed by atoms with Gasteiger partial charge in [0, 0.05) is 46.4 Å². The van der Waals surface area contributed by atoms with Crippen LogP contribution in [-0.2, 0) is 19.7 Å². The van der Waals surface area contributed by atoms with Crippen LogP contribution in [0.3, 0.4) is 0 Å². The van der Waals surface area contributed by atoms with Crippen molar-refractivity contribution in [3.63, 3.8) is 0 Å². The maximum absolute atomic E-state index is 12.6. The van der Waals surface area contributed by atoms with E-state index in [9.17, 15) is 13.2 Å². The van der Waals surface area contributed by atoms with Crippen LogP contribution >= 0.6 is 0 Å². The number of piperidine rings is 1. The van der Waals surface area contributed by atoms with Crippen molar-refractivity contribution in [3.8, 4) is 0 Å². The zero-order valence-corrected chi connectivity index (χ0v) is 13.0. The van der Waals surface area contributed by atoms with Crippen LogP contribution in [0.5, 0.6) is 0 Å². The lowest BCUT2D eigenvalue weighted by molar-refractivity contribution is -0.141. The maximum Gasteiger partial charge on any atom is 0.309 e.